The van der Waals surface area contributed by atoms with Crippen LogP contribution in [0.3, 0.4) is 0 Å². The number of nitrogens with zero attached hydrogens (tertiary/aromatic N) is 2. The Morgan fingerprint density at radius 2 is 1.84 bits per heavy atom. The standard InChI is InChI=1S/C23H25FN4O3S/c1-14(2)20(27-21(29)15-3-5-16(24)6-4-15)22(30)25-17-7-8-18-19(13-17)32-23(26-18)28-9-11-31-12-10-28/h3-8,13-14,20H,9-12H2,1-2H3,(H,25,30)(H,27,29). The lowest BCUT2D eigenvalue weighted by Crippen LogP contribution is -2.47. The second-order valence-electron chi connectivity index (χ2n) is 7.97. The highest BCUT2D eigenvalue weighted by Crippen LogP contribution is 2.31. The summed E-state index contributed by atoms with van der Waals surface area (Å²) >= 11 is 1.58. The van der Waals surface area contributed by atoms with Gasteiger partial charge in [-0.3, -0.25) is 9.59 Å². The van der Waals surface area contributed by atoms with E-state index in [1.165, 1.54) is 24.3 Å². The molecule has 7 nitrogen and oxygen atoms in total. The van der Waals surface area contributed by atoms with E-state index in [1.807, 2.05) is 32.0 Å². The Balaban J connectivity index is 1.46. The second-order valence-corrected chi connectivity index (χ2v) is 8.98. The number of halogens is 1. The van der Waals surface area contributed by atoms with E-state index in [4.69, 9.17) is 9.72 Å². The number of hydrogen-bond donors (Lipinski definition) is 2. The van der Waals surface area contributed by atoms with Crippen molar-refractivity contribution in [3.05, 3.63) is 53.8 Å². The van der Waals surface area contributed by atoms with Gasteiger partial charge in [0.1, 0.15) is 11.9 Å². The van der Waals surface area contributed by atoms with Gasteiger partial charge in [0.05, 0.1) is 23.4 Å². The first-order valence-corrected chi connectivity index (χ1v) is 11.3. The van der Waals surface area contributed by atoms with Gasteiger partial charge in [-0.2, -0.15) is 0 Å². The summed E-state index contributed by atoms with van der Waals surface area (Å²) in [5.41, 5.74) is 1.81. The first kappa shape index (κ1) is 22.2. The number of hydrogen-bond acceptors (Lipinski definition) is 6. The first-order chi connectivity index (χ1) is 15.4. The summed E-state index contributed by atoms with van der Waals surface area (Å²) in [6.45, 7) is 6.72. The van der Waals surface area contributed by atoms with Crippen LogP contribution in [0.5, 0.6) is 0 Å². The molecular formula is C23H25FN4O3S. The summed E-state index contributed by atoms with van der Waals surface area (Å²) in [5, 5.41) is 6.60. The van der Waals surface area contributed by atoms with Crippen LogP contribution >= 0.6 is 11.3 Å². The molecule has 1 aliphatic heterocycles. The summed E-state index contributed by atoms with van der Waals surface area (Å²) in [5.74, 6) is -1.30. The Bertz CT molecular complexity index is 1110. The van der Waals surface area contributed by atoms with Gasteiger partial charge in [0.15, 0.2) is 5.13 Å². The van der Waals surface area contributed by atoms with Gasteiger partial charge in [0, 0.05) is 24.3 Å². The molecule has 1 aromatic heterocycles. The number of carbonyl (C=O) groups excluding carboxylic acids is 2. The smallest absolute Gasteiger partial charge is 0.251 e. The van der Waals surface area contributed by atoms with Crippen LogP contribution in [-0.4, -0.2) is 49.1 Å². The fourth-order valence-corrected chi connectivity index (χ4v) is 4.52. The third-order valence-corrected chi connectivity index (χ3v) is 6.35. The first-order valence-electron chi connectivity index (χ1n) is 10.5. The highest BCUT2D eigenvalue weighted by atomic mass is 32.1. The summed E-state index contributed by atoms with van der Waals surface area (Å²) in [7, 11) is 0. The van der Waals surface area contributed by atoms with Gasteiger partial charge >= 0.3 is 0 Å². The number of benzene rings is 2. The minimum absolute atomic E-state index is 0.139. The Kier molecular flexibility index (Phi) is 6.66. The number of thiazole rings is 1. The van der Waals surface area contributed by atoms with Crippen molar-refractivity contribution in [2.24, 2.45) is 5.92 Å². The summed E-state index contributed by atoms with van der Waals surface area (Å²) < 4.78 is 19.5. The molecule has 9 heteroatoms. The predicted octanol–water partition coefficient (Wildman–Crippen LogP) is 3.67. The Morgan fingerprint density at radius 3 is 2.53 bits per heavy atom. The van der Waals surface area contributed by atoms with Crippen molar-refractivity contribution in [2.45, 2.75) is 19.9 Å². The SMILES string of the molecule is CC(C)C(NC(=O)c1ccc(F)cc1)C(=O)Nc1ccc2nc(N3CCOCC3)sc2c1. The molecule has 0 aliphatic carbocycles. The van der Waals surface area contributed by atoms with Crippen LogP contribution in [0, 0.1) is 11.7 Å². The quantitative estimate of drug-likeness (QED) is 0.591. The molecule has 4 rings (SSSR count). The average Bonchev–Trinajstić information content (AvgIpc) is 3.21. The van der Waals surface area contributed by atoms with E-state index >= 15 is 0 Å². The van der Waals surface area contributed by atoms with Crippen molar-refractivity contribution in [2.75, 3.05) is 36.5 Å². The Hall–Kier alpha value is -3.04. The van der Waals surface area contributed by atoms with E-state index in [0.29, 0.717) is 24.5 Å². The second kappa shape index (κ2) is 9.62. The number of fused-ring (bicyclic) bond motifs is 1. The largest absolute Gasteiger partial charge is 0.378 e. The third-order valence-electron chi connectivity index (χ3n) is 5.27. The molecule has 0 radical (unpaired) electrons. The third kappa shape index (κ3) is 5.05. The number of carbonyl (C=O) groups is 2. The van der Waals surface area contributed by atoms with Gasteiger partial charge in [0.2, 0.25) is 5.91 Å². The molecule has 1 unspecified atom stereocenters. The molecule has 2 aromatic carbocycles. The number of aromatic nitrogens is 1. The summed E-state index contributed by atoms with van der Waals surface area (Å²) in [4.78, 5) is 32.4. The summed E-state index contributed by atoms with van der Waals surface area (Å²) in [6, 6.07) is 10.1. The fraction of sp³-hybridized carbons (Fsp3) is 0.348. The molecule has 168 valence electrons. The van der Waals surface area contributed by atoms with E-state index in [2.05, 4.69) is 15.5 Å². The van der Waals surface area contributed by atoms with Gasteiger partial charge in [-0.15, -0.1) is 0 Å². The lowest BCUT2D eigenvalue weighted by molar-refractivity contribution is -0.118. The lowest BCUT2D eigenvalue weighted by Gasteiger charge is -2.25. The zero-order valence-electron chi connectivity index (χ0n) is 17.9. The maximum atomic E-state index is 13.1. The Morgan fingerprint density at radius 1 is 1.12 bits per heavy atom. The molecule has 0 saturated carbocycles. The maximum Gasteiger partial charge on any atom is 0.251 e. The van der Waals surface area contributed by atoms with Crippen molar-refractivity contribution >= 4 is 44.2 Å². The minimum Gasteiger partial charge on any atom is -0.378 e. The van der Waals surface area contributed by atoms with E-state index in [9.17, 15) is 14.0 Å². The number of morpholine rings is 1. The molecule has 32 heavy (non-hydrogen) atoms. The zero-order valence-corrected chi connectivity index (χ0v) is 18.7. The van der Waals surface area contributed by atoms with Crippen LogP contribution in [0.1, 0.15) is 24.2 Å². The molecular weight excluding hydrogens is 431 g/mol. The van der Waals surface area contributed by atoms with Crippen LogP contribution in [0.25, 0.3) is 10.2 Å². The van der Waals surface area contributed by atoms with Crippen molar-refractivity contribution in [1.29, 1.82) is 0 Å². The number of ether oxygens (including phenoxy) is 1. The molecule has 2 heterocycles. The predicted molar refractivity (Wildman–Crippen MR) is 124 cm³/mol. The van der Waals surface area contributed by atoms with E-state index in [1.54, 1.807) is 11.3 Å². The number of rotatable bonds is 6. The molecule has 1 saturated heterocycles. The highest BCUT2D eigenvalue weighted by Gasteiger charge is 2.25. The zero-order chi connectivity index (χ0) is 22.7. The summed E-state index contributed by atoms with van der Waals surface area (Å²) in [6.07, 6.45) is 0. The van der Waals surface area contributed by atoms with Crippen LogP contribution < -0.4 is 15.5 Å². The topological polar surface area (TPSA) is 83.6 Å². The van der Waals surface area contributed by atoms with Gasteiger partial charge < -0.3 is 20.3 Å². The van der Waals surface area contributed by atoms with Crippen LogP contribution in [-0.2, 0) is 9.53 Å². The van der Waals surface area contributed by atoms with Crippen molar-refractivity contribution < 1.29 is 18.7 Å². The molecule has 1 atom stereocenters. The average molecular weight is 457 g/mol. The van der Waals surface area contributed by atoms with Gasteiger partial charge in [-0.05, 0) is 48.4 Å². The monoisotopic (exact) mass is 456 g/mol. The van der Waals surface area contributed by atoms with Crippen molar-refractivity contribution in [3.63, 3.8) is 0 Å². The van der Waals surface area contributed by atoms with E-state index in [-0.39, 0.29) is 11.8 Å². The van der Waals surface area contributed by atoms with E-state index < -0.39 is 17.8 Å². The lowest BCUT2D eigenvalue weighted by atomic mass is 10.0. The molecule has 2 amide bonds. The maximum absolute atomic E-state index is 13.1. The molecule has 1 fully saturated rings. The Labute approximate surface area is 189 Å². The molecule has 0 spiro atoms. The van der Waals surface area contributed by atoms with Crippen LogP contribution in [0.2, 0.25) is 0 Å². The van der Waals surface area contributed by atoms with Crippen molar-refractivity contribution in [1.82, 2.24) is 10.3 Å². The highest BCUT2D eigenvalue weighted by molar-refractivity contribution is 7.22. The van der Waals surface area contributed by atoms with Gasteiger partial charge in [0.25, 0.3) is 5.91 Å². The fourth-order valence-electron chi connectivity index (χ4n) is 3.46. The number of anilines is 2. The van der Waals surface area contributed by atoms with Crippen LogP contribution in [0.15, 0.2) is 42.5 Å². The number of nitrogens with one attached hydrogen (secondary N) is 2. The normalized spacial score (nSPS) is 15.1. The van der Waals surface area contributed by atoms with Crippen molar-refractivity contribution in [3.8, 4) is 0 Å². The van der Waals surface area contributed by atoms with Gasteiger partial charge in [-0.25, -0.2) is 9.37 Å². The minimum atomic E-state index is -0.742. The van der Waals surface area contributed by atoms with E-state index in [0.717, 1.165) is 28.4 Å². The molecule has 1 aliphatic rings. The van der Waals surface area contributed by atoms with Gasteiger partial charge in [-0.1, -0.05) is 25.2 Å². The van der Waals surface area contributed by atoms with Crippen LogP contribution in [0.4, 0.5) is 15.2 Å². The molecule has 2 N–H and O–H groups in total. The molecule has 0 bridgehead atoms. The number of amides is 2. The molecule has 3 aromatic rings.